The summed E-state index contributed by atoms with van der Waals surface area (Å²) in [6.45, 7) is 0. The lowest BCUT2D eigenvalue weighted by molar-refractivity contribution is -0.137. The van der Waals surface area contributed by atoms with Gasteiger partial charge in [0.2, 0.25) is 0 Å². The fourth-order valence-electron chi connectivity index (χ4n) is 1.39. The Kier molecular flexibility index (Phi) is 3.17. The van der Waals surface area contributed by atoms with Gasteiger partial charge in [-0.05, 0) is 5.56 Å². The molecule has 1 heterocycles. The first kappa shape index (κ1) is 12.1. The van der Waals surface area contributed by atoms with Crippen LogP contribution in [-0.4, -0.2) is 4.98 Å². The topological polar surface area (TPSA) is 38.9 Å². The van der Waals surface area contributed by atoms with E-state index in [4.69, 9.17) is 5.73 Å². The van der Waals surface area contributed by atoms with Gasteiger partial charge in [-0.25, -0.2) is 4.98 Å². The number of nitrogens with two attached hydrogens (primary N) is 1. The molecular formula is C11H9F3N2S. The normalized spacial score (nSPS) is 13.6. The predicted octanol–water partition coefficient (Wildman–Crippen LogP) is 3.21. The number of aromatic nitrogens is 1. The van der Waals surface area contributed by atoms with Crippen molar-refractivity contribution in [3.63, 3.8) is 0 Å². The van der Waals surface area contributed by atoms with Crippen molar-refractivity contribution in [2.45, 2.75) is 12.2 Å². The van der Waals surface area contributed by atoms with Gasteiger partial charge in [0.15, 0.2) is 5.01 Å². The molecule has 0 aliphatic carbocycles. The zero-order valence-corrected chi connectivity index (χ0v) is 9.42. The van der Waals surface area contributed by atoms with E-state index in [1.54, 1.807) is 24.3 Å². The van der Waals surface area contributed by atoms with Crippen LogP contribution in [0, 0.1) is 0 Å². The van der Waals surface area contributed by atoms with Crippen molar-refractivity contribution in [2.75, 3.05) is 0 Å². The third-order valence-electron chi connectivity index (χ3n) is 2.23. The Morgan fingerprint density at radius 3 is 2.35 bits per heavy atom. The molecule has 2 N–H and O–H groups in total. The summed E-state index contributed by atoms with van der Waals surface area (Å²) in [7, 11) is 0. The Morgan fingerprint density at radius 1 is 1.18 bits per heavy atom. The molecule has 2 nitrogen and oxygen atoms in total. The second-order valence-corrected chi connectivity index (χ2v) is 4.52. The van der Waals surface area contributed by atoms with E-state index in [9.17, 15) is 13.2 Å². The van der Waals surface area contributed by atoms with Gasteiger partial charge >= 0.3 is 6.18 Å². The minimum Gasteiger partial charge on any atom is -0.320 e. The van der Waals surface area contributed by atoms with Crippen LogP contribution in [0.4, 0.5) is 13.2 Å². The highest BCUT2D eigenvalue weighted by molar-refractivity contribution is 7.11. The maximum atomic E-state index is 12.4. The molecule has 0 aliphatic rings. The highest BCUT2D eigenvalue weighted by Gasteiger charge is 2.35. The number of halogens is 3. The van der Waals surface area contributed by atoms with Crippen LogP contribution in [-0.2, 0) is 6.18 Å². The van der Waals surface area contributed by atoms with Gasteiger partial charge in [-0.15, -0.1) is 11.3 Å². The quantitative estimate of drug-likeness (QED) is 0.898. The average molecular weight is 258 g/mol. The lowest BCUT2D eigenvalue weighted by Crippen LogP contribution is -2.09. The number of hydrogen-bond acceptors (Lipinski definition) is 3. The first-order chi connectivity index (χ1) is 7.98. The van der Waals surface area contributed by atoms with Crippen LogP contribution in [0.25, 0.3) is 0 Å². The number of hydrogen-bond donors (Lipinski definition) is 1. The van der Waals surface area contributed by atoms with E-state index in [1.807, 2.05) is 6.07 Å². The minimum absolute atomic E-state index is 0.406. The number of nitrogens with zero attached hydrogens (tertiary/aromatic N) is 1. The maximum absolute atomic E-state index is 12.4. The largest absolute Gasteiger partial charge is 0.443 e. The molecule has 0 fully saturated rings. The van der Waals surface area contributed by atoms with E-state index in [-0.39, 0.29) is 0 Å². The molecule has 0 amide bonds. The number of thiazole rings is 1. The van der Waals surface area contributed by atoms with Crippen molar-refractivity contribution in [3.8, 4) is 0 Å². The van der Waals surface area contributed by atoms with Crippen LogP contribution in [0.15, 0.2) is 36.5 Å². The van der Waals surface area contributed by atoms with Crippen molar-refractivity contribution >= 4 is 11.3 Å². The lowest BCUT2D eigenvalue weighted by atomic mass is 10.1. The van der Waals surface area contributed by atoms with E-state index in [1.165, 1.54) is 6.20 Å². The predicted molar refractivity (Wildman–Crippen MR) is 59.6 cm³/mol. The molecule has 0 aliphatic heterocycles. The minimum atomic E-state index is -4.40. The summed E-state index contributed by atoms with van der Waals surface area (Å²) in [6.07, 6.45) is -3.22. The molecule has 0 radical (unpaired) electrons. The first-order valence-corrected chi connectivity index (χ1v) is 5.63. The van der Waals surface area contributed by atoms with Gasteiger partial charge < -0.3 is 5.73 Å². The SMILES string of the molecule is NC(c1ccccc1)c1cnc(C(F)(F)F)s1. The molecule has 6 heteroatoms. The second-order valence-electron chi connectivity index (χ2n) is 3.45. The summed E-state index contributed by atoms with van der Waals surface area (Å²) < 4.78 is 37.1. The molecule has 0 bridgehead atoms. The molecule has 0 saturated carbocycles. The van der Waals surface area contributed by atoms with Gasteiger partial charge in [0, 0.05) is 11.1 Å². The molecule has 2 aromatic rings. The fraction of sp³-hybridized carbons (Fsp3) is 0.182. The smallest absolute Gasteiger partial charge is 0.320 e. The third-order valence-corrected chi connectivity index (χ3v) is 3.36. The van der Waals surface area contributed by atoms with Crippen molar-refractivity contribution in [2.24, 2.45) is 5.73 Å². The van der Waals surface area contributed by atoms with E-state index < -0.39 is 17.2 Å². The maximum Gasteiger partial charge on any atom is 0.443 e. The van der Waals surface area contributed by atoms with Gasteiger partial charge in [0.05, 0.1) is 6.04 Å². The Morgan fingerprint density at radius 2 is 1.82 bits per heavy atom. The van der Waals surface area contributed by atoms with Crippen LogP contribution in [0.3, 0.4) is 0 Å². The van der Waals surface area contributed by atoms with Gasteiger partial charge in [0.1, 0.15) is 0 Å². The standard InChI is InChI=1S/C11H9F3N2S/c12-11(13,14)10-16-6-8(17-10)9(15)7-4-2-1-3-5-7/h1-6,9H,15H2. The van der Waals surface area contributed by atoms with E-state index in [2.05, 4.69) is 4.98 Å². The molecular weight excluding hydrogens is 249 g/mol. The zero-order valence-electron chi connectivity index (χ0n) is 8.61. The molecule has 1 unspecified atom stereocenters. The summed E-state index contributed by atoms with van der Waals surface area (Å²) >= 11 is 0.582. The van der Waals surface area contributed by atoms with Crippen LogP contribution in [0.1, 0.15) is 21.5 Å². The Bertz CT molecular complexity index is 493. The molecule has 1 aromatic carbocycles. The van der Waals surface area contributed by atoms with Crippen molar-refractivity contribution in [1.29, 1.82) is 0 Å². The monoisotopic (exact) mass is 258 g/mol. The Balaban J connectivity index is 2.27. The third kappa shape index (κ3) is 2.65. The Labute approximate surface area is 99.9 Å². The Hall–Kier alpha value is -1.40. The van der Waals surface area contributed by atoms with E-state index in [0.717, 1.165) is 5.56 Å². The summed E-state index contributed by atoms with van der Waals surface area (Å²) in [5.74, 6) is 0. The second kappa shape index (κ2) is 4.46. The van der Waals surface area contributed by atoms with Crippen LogP contribution < -0.4 is 5.73 Å². The molecule has 0 saturated heterocycles. The molecule has 1 aromatic heterocycles. The number of benzene rings is 1. The summed E-state index contributed by atoms with van der Waals surface area (Å²) in [5, 5.41) is -0.862. The lowest BCUT2D eigenvalue weighted by Gasteiger charge is -2.08. The van der Waals surface area contributed by atoms with Crippen molar-refractivity contribution < 1.29 is 13.2 Å². The van der Waals surface area contributed by atoms with Gasteiger partial charge in [-0.2, -0.15) is 13.2 Å². The summed E-state index contributed by atoms with van der Waals surface area (Å²) in [5.41, 5.74) is 6.64. The summed E-state index contributed by atoms with van der Waals surface area (Å²) in [6, 6.07) is 8.39. The van der Waals surface area contributed by atoms with Gasteiger partial charge in [-0.3, -0.25) is 0 Å². The highest BCUT2D eigenvalue weighted by Crippen LogP contribution is 2.35. The van der Waals surface area contributed by atoms with Crippen molar-refractivity contribution in [3.05, 3.63) is 52.0 Å². The van der Waals surface area contributed by atoms with Crippen LogP contribution in [0.5, 0.6) is 0 Å². The zero-order chi connectivity index (χ0) is 12.5. The number of alkyl halides is 3. The van der Waals surface area contributed by atoms with Gasteiger partial charge in [0.25, 0.3) is 0 Å². The first-order valence-electron chi connectivity index (χ1n) is 4.82. The van der Waals surface area contributed by atoms with Crippen LogP contribution >= 0.6 is 11.3 Å². The van der Waals surface area contributed by atoms with Gasteiger partial charge in [-0.1, -0.05) is 30.3 Å². The van der Waals surface area contributed by atoms with Crippen molar-refractivity contribution in [1.82, 2.24) is 4.98 Å². The molecule has 0 spiro atoms. The number of rotatable bonds is 2. The van der Waals surface area contributed by atoms with Crippen LogP contribution in [0.2, 0.25) is 0 Å². The molecule has 1 atom stereocenters. The molecule has 2 rings (SSSR count). The highest BCUT2D eigenvalue weighted by atomic mass is 32.1. The molecule has 90 valence electrons. The fourth-order valence-corrected chi connectivity index (χ4v) is 2.20. The molecule has 17 heavy (non-hydrogen) atoms. The average Bonchev–Trinajstić information content (AvgIpc) is 2.78. The summed E-state index contributed by atoms with van der Waals surface area (Å²) in [4.78, 5) is 3.75. The van der Waals surface area contributed by atoms with E-state index in [0.29, 0.717) is 16.2 Å². The van der Waals surface area contributed by atoms with E-state index >= 15 is 0 Å².